The lowest BCUT2D eigenvalue weighted by molar-refractivity contribution is -0.143. The number of esters is 1. The number of methoxy groups -OCH3 is 1. The number of fused-ring (bicyclic) bond motifs is 2. The summed E-state index contributed by atoms with van der Waals surface area (Å²) in [5.41, 5.74) is 2.74. The Hall–Kier alpha value is -1.06. The van der Waals surface area contributed by atoms with Gasteiger partial charge < -0.3 is 4.74 Å². The van der Waals surface area contributed by atoms with Gasteiger partial charge in [0.25, 0.3) is 0 Å². The lowest BCUT2D eigenvalue weighted by Gasteiger charge is -2.31. The number of hydrogen-bond donors (Lipinski definition) is 1. The monoisotopic (exact) mass is 253 g/mol. The third kappa shape index (κ3) is 1.83. The van der Waals surface area contributed by atoms with Gasteiger partial charge in [-0.1, -0.05) is 24.3 Å². The van der Waals surface area contributed by atoms with Crippen molar-refractivity contribution in [1.29, 1.82) is 0 Å². The molecule has 0 bridgehead atoms. The third-order valence-electron chi connectivity index (χ3n) is 3.78. The Bertz CT molecular complexity index is 443. The van der Waals surface area contributed by atoms with Crippen molar-refractivity contribution in [2.75, 3.05) is 13.7 Å². The second kappa shape index (κ2) is 4.31. The average molecular weight is 254 g/mol. The van der Waals surface area contributed by atoms with E-state index >= 15 is 0 Å². The molecule has 1 N–H and O–H groups in total. The van der Waals surface area contributed by atoms with E-state index in [4.69, 9.17) is 4.74 Å². The zero-order chi connectivity index (χ0) is 11.2. The molecule has 1 atom stereocenters. The molecule has 0 amide bonds. The molecule has 1 aliphatic carbocycles. The first-order valence-electron chi connectivity index (χ1n) is 5.67. The summed E-state index contributed by atoms with van der Waals surface area (Å²) in [5, 5.41) is 3.30. The van der Waals surface area contributed by atoms with Gasteiger partial charge in [0.15, 0.2) is 0 Å². The molecule has 92 valence electrons. The zero-order valence-electron chi connectivity index (χ0n) is 9.73. The third-order valence-corrected chi connectivity index (χ3v) is 3.78. The van der Waals surface area contributed by atoms with E-state index in [1.54, 1.807) is 0 Å². The van der Waals surface area contributed by atoms with Crippen LogP contribution < -0.4 is 5.32 Å². The highest BCUT2D eigenvalue weighted by atomic mass is 35.5. The van der Waals surface area contributed by atoms with Crippen molar-refractivity contribution >= 4 is 18.4 Å². The van der Waals surface area contributed by atoms with Crippen LogP contribution in [-0.4, -0.2) is 19.6 Å². The first-order chi connectivity index (χ1) is 7.77. The highest BCUT2D eigenvalue weighted by Crippen LogP contribution is 2.52. The van der Waals surface area contributed by atoms with E-state index in [2.05, 4.69) is 17.4 Å². The van der Waals surface area contributed by atoms with Crippen molar-refractivity contribution in [2.24, 2.45) is 0 Å². The van der Waals surface area contributed by atoms with Crippen LogP contribution in [0.15, 0.2) is 24.3 Å². The van der Waals surface area contributed by atoms with Crippen LogP contribution in [0.5, 0.6) is 0 Å². The van der Waals surface area contributed by atoms with Gasteiger partial charge in [-0.05, 0) is 24.0 Å². The van der Waals surface area contributed by atoms with Crippen LogP contribution in [-0.2, 0) is 14.9 Å². The molecule has 3 rings (SSSR count). The van der Waals surface area contributed by atoms with E-state index in [1.807, 2.05) is 12.1 Å². The van der Waals surface area contributed by atoms with E-state index in [0.717, 1.165) is 12.1 Å². The Morgan fingerprint density at radius 1 is 1.41 bits per heavy atom. The molecule has 1 saturated carbocycles. The van der Waals surface area contributed by atoms with Crippen molar-refractivity contribution in [2.45, 2.75) is 24.3 Å². The fourth-order valence-corrected chi connectivity index (χ4v) is 2.66. The molecule has 0 saturated heterocycles. The van der Waals surface area contributed by atoms with Gasteiger partial charge in [0.2, 0.25) is 0 Å². The molecular weight excluding hydrogens is 238 g/mol. The second-order valence-corrected chi connectivity index (χ2v) is 4.70. The largest absolute Gasteiger partial charge is 0.468 e. The quantitative estimate of drug-likeness (QED) is 0.778. The first kappa shape index (κ1) is 12.4. The molecular formula is C13H16ClNO2. The number of hydrogen-bond acceptors (Lipinski definition) is 3. The van der Waals surface area contributed by atoms with Gasteiger partial charge in [-0.2, -0.15) is 0 Å². The van der Waals surface area contributed by atoms with Gasteiger partial charge in [-0.15, -0.1) is 12.4 Å². The number of rotatable bonds is 1. The predicted octanol–water partition coefficient (Wildman–Crippen LogP) is 1.96. The van der Waals surface area contributed by atoms with Gasteiger partial charge in [0, 0.05) is 12.0 Å². The van der Waals surface area contributed by atoms with Crippen LogP contribution in [0.2, 0.25) is 0 Å². The average Bonchev–Trinajstić information content (AvgIpc) is 3.10. The number of carbonyl (C=O) groups is 1. The number of nitrogens with one attached hydrogen (secondary N) is 1. The van der Waals surface area contributed by atoms with E-state index in [9.17, 15) is 4.79 Å². The molecule has 1 fully saturated rings. The Morgan fingerprint density at radius 2 is 2.12 bits per heavy atom. The minimum atomic E-state index is -0.285. The minimum Gasteiger partial charge on any atom is -0.468 e. The fraction of sp³-hybridized carbons (Fsp3) is 0.462. The normalized spacial score (nSPS) is 23.5. The number of ether oxygens (including phenoxy) is 1. The predicted molar refractivity (Wildman–Crippen MR) is 67.4 cm³/mol. The summed E-state index contributed by atoms with van der Waals surface area (Å²) in [7, 11) is 1.44. The van der Waals surface area contributed by atoms with Gasteiger partial charge in [-0.25, -0.2) is 4.79 Å². The molecule has 17 heavy (non-hydrogen) atoms. The molecule has 1 heterocycles. The van der Waals surface area contributed by atoms with E-state index in [0.29, 0.717) is 5.41 Å². The molecule has 1 spiro atoms. The van der Waals surface area contributed by atoms with Crippen LogP contribution >= 0.6 is 12.4 Å². The summed E-state index contributed by atoms with van der Waals surface area (Å²) in [4.78, 5) is 11.7. The Morgan fingerprint density at radius 3 is 2.76 bits per heavy atom. The SMILES string of the molecule is COC(=O)C1NCC2(CC2)c2ccccc21.Cl. The Kier molecular flexibility index (Phi) is 3.15. The minimum absolute atomic E-state index is 0. The molecule has 2 aliphatic rings. The van der Waals surface area contributed by atoms with Crippen molar-refractivity contribution in [3.05, 3.63) is 35.4 Å². The van der Waals surface area contributed by atoms with E-state index < -0.39 is 0 Å². The first-order valence-corrected chi connectivity index (χ1v) is 5.67. The molecule has 0 aromatic heterocycles. The highest BCUT2D eigenvalue weighted by molar-refractivity contribution is 5.85. The maximum Gasteiger partial charge on any atom is 0.327 e. The lowest BCUT2D eigenvalue weighted by Crippen LogP contribution is -2.41. The van der Waals surface area contributed by atoms with Crippen LogP contribution in [0.1, 0.15) is 30.0 Å². The van der Waals surface area contributed by atoms with E-state index in [1.165, 1.54) is 25.5 Å². The van der Waals surface area contributed by atoms with Gasteiger partial charge in [0.05, 0.1) is 7.11 Å². The Balaban J connectivity index is 0.00000108. The molecule has 4 heteroatoms. The number of carbonyl (C=O) groups excluding carboxylic acids is 1. The van der Waals surface area contributed by atoms with Gasteiger partial charge in [0.1, 0.15) is 6.04 Å². The van der Waals surface area contributed by atoms with Gasteiger partial charge >= 0.3 is 5.97 Å². The van der Waals surface area contributed by atoms with Crippen molar-refractivity contribution < 1.29 is 9.53 Å². The van der Waals surface area contributed by atoms with Crippen molar-refractivity contribution in [1.82, 2.24) is 5.32 Å². The summed E-state index contributed by atoms with van der Waals surface area (Å²) in [5.74, 6) is -0.192. The van der Waals surface area contributed by atoms with E-state index in [-0.39, 0.29) is 24.4 Å². The fourth-order valence-electron chi connectivity index (χ4n) is 2.66. The summed E-state index contributed by atoms with van der Waals surface area (Å²) in [6.07, 6.45) is 2.45. The molecule has 3 nitrogen and oxygen atoms in total. The van der Waals surface area contributed by atoms with Gasteiger partial charge in [-0.3, -0.25) is 5.32 Å². The molecule has 1 aromatic carbocycles. The smallest absolute Gasteiger partial charge is 0.327 e. The summed E-state index contributed by atoms with van der Waals surface area (Å²) >= 11 is 0. The molecule has 0 radical (unpaired) electrons. The van der Waals surface area contributed by atoms with Crippen molar-refractivity contribution in [3.8, 4) is 0 Å². The maximum atomic E-state index is 11.7. The van der Waals surface area contributed by atoms with Crippen LogP contribution in [0.3, 0.4) is 0 Å². The van der Waals surface area contributed by atoms with Crippen molar-refractivity contribution in [3.63, 3.8) is 0 Å². The summed E-state index contributed by atoms with van der Waals surface area (Å²) in [6.45, 7) is 0.893. The molecule has 1 aromatic rings. The summed E-state index contributed by atoms with van der Waals surface area (Å²) in [6, 6.07) is 7.94. The number of benzene rings is 1. The highest BCUT2D eigenvalue weighted by Gasteiger charge is 2.49. The molecule has 1 unspecified atom stereocenters. The lowest BCUT2D eigenvalue weighted by atomic mass is 9.84. The summed E-state index contributed by atoms with van der Waals surface area (Å²) < 4.78 is 4.83. The zero-order valence-corrected chi connectivity index (χ0v) is 10.5. The van der Waals surface area contributed by atoms with Crippen LogP contribution in [0.4, 0.5) is 0 Å². The van der Waals surface area contributed by atoms with Crippen LogP contribution in [0.25, 0.3) is 0 Å². The Labute approximate surface area is 107 Å². The maximum absolute atomic E-state index is 11.7. The second-order valence-electron chi connectivity index (χ2n) is 4.70. The topological polar surface area (TPSA) is 38.3 Å². The standard InChI is InChI=1S/C13H15NO2.ClH/c1-16-12(15)11-9-4-2-3-5-10(9)13(6-7-13)8-14-11;/h2-5,11,14H,6-8H2,1H3;1H. The van der Waals surface area contributed by atoms with Crippen LogP contribution in [0, 0.1) is 0 Å². The number of halogens is 1. The molecule has 1 aliphatic heterocycles.